The molecule has 2 amide bonds. The van der Waals surface area contributed by atoms with Crippen LogP contribution >= 0.6 is 0 Å². The van der Waals surface area contributed by atoms with Crippen molar-refractivity contribution in [1.29, 1.82) is 0 Å². The minimum atomic E-state index is -0.638. The van der Waals surface area contributed by atoms with Crippen molar-refractivity contribution in [3.05, 3.63) is 82.9 Å². The average Bonchev–Trinajstić information content (AvgIpc) is 2.65. The molecule has 0 fully saturated rings. The Morgan fingerprint density at radius 1 is 0.926 bits per heavy atom. The quantitative estimate of drug-likeness (QED) is 0.343. The molecule has 3 aromatic carbocycles. The molecule has 0 bridgehead atoms. The lowest BCUT2D eigenvalue weighted by molar-refractivity contribution is -0.384. The van der Waals surface area contributed by atoms with Gasteiger partial charge in [0.25, 0.3) is 5.69 Å². The number of nitrogens with one attached hydrogen (secondary N) is 2. The van der Waals surface area contributed by atoms with Gasteiger partial charge in [-0.2, -0.15) is 0 Å². The molecular weight excluding hydrogens is 350 g/mol. The van der Waals surface area contributed by atoms with Gasteiger partial charge in [0.05, 0.1) is 22.4 Å². The number of ether oxygens (including phenoxy) is 1. The summed E-state index contributed by atoms with van der Waals surface area (Å²) in [5, 5.41) is 25.6. The Kier molecular flexibility index (Phi) is 5.17. The summed E-state index contributed by atoms with van der Waals surface area (Å²) < 4.78 is 5.76. The number of non-ortho nitro benzene ring substituents is 1. The third-order valence-corrected chi connectivity index (χ3v) is 3.55. The van der Waals surface area contributed by atoms with Gasteiger partial charge in [-0.3, -0.25) is 10.1 Å². The highest BCUT2D eigenvalue weighted by Gasteiger charge is 2.13. The first-order valence-corrected chi connectivity index (χ1v) is 7.90. The summed E-state index contributed by atoms with van der Waals surface area (Å²) in [5.41, 5.74) is 0.180. The van der Waals surface area contributed by atoms with Crippen molar-refractivity contribution in [1.82, 2.24) is 0 Å². The molecule has 0 aliphatic carbocycles. The summed E-state index contributed by atoms with van der Waals surface area (Å²) in [5.74, 6) is 0.639. The highest BCUT2D eigenvalue weighted by atomic mass is 16.6. The predicted molar refractivity (Wildman–Crippen MR) is 100 cm³/mol. The number of nitrogens with zero attached hydrogens (tertiary/aromatic N) is 1. The lowest BCUT2D eigenvalue weighted by Crippen LogP contribution is -2.19. The van der Waals surface area contributed by atoms with Crippen LogP contribution in [0.25, 0.3) is 0 Å². The molecule has 0 radical (unpaired) electrons. The lowest BCUT2D eigenvalue weighted by Gasteiger charge is -2.13. The fourth-order valence-electron chi connectivity index (χ4n) is 2.29. The van der Waals surface area contributed by atoms with Crippen molar-refractivity contribution in [2.45, 2.75) is 0 Å². The normalized spacial score (nSPS) is 10.1. The molecule has 0 atom stereocenters. The number of benzene rings is 3. The van der Waals surface area contributed by atoms with E-state index in [9.17, 15) is 20.0 Å². The summed E-state index contributed by atoms with van der Waals surface area (Å²) in [6.07, 6.45) is 0. The van der Waals surface area contributed by atoms with Crippen LogP contribution in [0.5, 0.6) is 17.2 Å². The number of aromatic hydroxyl groups is 1. The molecule has 0 aliphatic rings. The Hall–Kier alpha value is -4.07. The minimum absolute atomic E-state index is 0.0413. The van der Waals surface area contributed by atoms with Gasteiger partial charge in [0.2, 0.25) is 0 Å². The number of anilines is 2. The first-order valence-electron chi connectivity index (χ1n) is 7.90. The second-order valence-corrected chi connectivity index (χ2v) is 5.45. The number of urea groups is 1. The van der Waals surface area contributed by atoms with Crippen LogP contribution in [0.1, 0.15) is 0 Å². The largest absolute Gasteiger partial charge is 0.506 e. The molecular formula is C19H15N3O5. The van der Waals surface area contributed by atoms with E-state index in [0.717, 1.165) is 6.07 Å². The monoisotopic (exact) mass is 365 g/mol. The molecule has 0 saturated carbocycles. The fourth-order valence-corrected chi connectivity index (χ4v) is 2.29. The Bertz CT molecular complexity index is 976. The number of nitro groups is 1. The fraction of sp³-hybridized carbons (Fsp3) is 0. The van der Waals surface area contributed by atoms with Crippen molar-refractivity contribution < 1.29 is 19.6 Å². The van der Waals surface area contributed by atoms with Gasteiger partial charge in [-0.1, -0.05) is 30.3 Å². The molecule has 0 saturated heterocycles. The third-order valence-electron chi connectivity index (χ3n) is 3.55. The van der Waals surface area contributed by atoms with Crippen molar-refractivity contribution in [3.63, 3.8) is 0 Å². The van der Waals surface area contributed by atoms with Gasteiger partial charge < -0.3 is 20.5 Å². The average molecular weight is 365 g/mol. The van der Waals surface area contributed by atoms with E-state index < -0.39 is 16.7 Å². The van der Waals surface area contributed by atoms with Crippen LogP contribution < -0.4 is 15.4 Å². The molecule has 27 heavy (non-hydrogen) atoms. The van der Waals surface area contributed by atoms with Gasteiger partial charge in [0.15, 0.2) is 5.75 Å². The zero-order valence-electron chi connectivity index (χ0n) is 14.0. The molecule has 8 nitrogen and oxygen atoms in total. The van der Waals surface area contributed by atoms with E-state index in [-0.39, 0.29) is 11.4 Å². The molecule has 3 N–H and O–H groups in total. The van der Waals surface area contributed by atoms with Gasteiger partial charge >= 0.3 is 6.03 Å². The molecule has 0 aromatic heterocycles. The van der Waals surface area contributed by atoms with E-state index in [1.165, 1.54) is 12.1 Å². The SMILES string of the molecule is O=C(Nc1ccc([N+](=O)[O-])cc1O)Nc1ccccc1Oc1ccccc1. The van der Waals surface area contributed by atoms with Gasteiger partial charge in [-0.15, -0.1) is 0 Å². The number of amides is 2. The summed E-state index contributed by atoms with van der Waals surface area (Å²) in [6, 6.07) is 18.7. The van der Waals surface area contributed by atoms with Gasteiger partial charge in [-0.05, 0) is 30.3 Å². The van der Waals surface area contributed by atoms with E-state index in [4.69, 9.17) is 4.74 Å². The van der Waals surface area contributed by atoms with Gasteiger partial charge in [0, 0.05) is 6.07 Å². The highest BCUT2D eigenvalue weighted by Crippen LogP contribution is 2.30. The number of nitro benzene ring substituents is 1. The van der Waals surface area contributed by atoms with Crippen LogP contribution in [0.2, 0.25) is 0 Å². The maximum atomic E-state index is 12.2. The topological polar surface area (TPSA) is 114 Å². The van der Waals surface area contributed by atoms with Crippen LogP contribution in [-0.2, 0) is 0 Å². The number of carbonyl (C=O) groups is 1. The summed E-state index contributed by atoms with van der Waals surface area (Å²) >= 11 is 0. The van der Waals surface area contributed by atoms with Gasteiger partial charge in [0.1, 0.15) is 11.5 Å². The maximum absolute atomic E-state index is 12.2. The Morgan fingerprint density at radius 3 is 2.30 bits per heavy atom. The lowest BCUT2D eigenvalue weighted by atomic mass is 10.2. The molecule has 0 heterocycles. The Morgan fingerprint density at radius 2 is 1.59 bits per heavy atom. The van der Waals surface area contributed by atoms with Crippen LogP contribution in [-0.4, -0.2) is 16.1 Å². The second kappa shape index (κ2) is 7.87. The first-order chi connectivity index (χ1) is 13.0. The second-order valence-electron chi connectivity index (χ2n) is 5.45. The maximum Gasteiger partial charge on any atom is 0.323 e. The van der Waals surface area contributed by atoms with E-state index in [0.29, 0.717) is 17.2 Å². The first kappa shape index (κ1) is 17.7. The standard InChI is InChI=1S/C19H15N3O5/c23-17-12-13(22(25)26)10-11-15(17)20-19(24)21-16-8-4-5-9-18(16)27-14-6-2-1-3-7-14/h1-12,23H,(H2,20,21,24). The highest BCUT2D eigenvalue weighted by molar-refractivity contribution is 6.01. The number of carbonyl (C=O) groups excluding carboxylic acids is 1. The zero-order chi connectivity index (χ0) is 19.2. The van der Waals surface area contributed by atoms with Crippen LogP contribution in [0, 0.1) is 10.1 Å². The van der Waals surface area contributed by atoms with Crippen molar-refractivity contribution in [2.24, 2.45) is 0 Å². The molecule has 3 aromatic rings. The summed E-state index contributed by atoms with van der Waals surface area (Å²) in [7, 11) is 0. The zero-order valence-corrected chi connectivity index (χ0v) is 14.0. The molecule has 136 valence electrons. The third kappa shape index (κ3) is 4.51. The smallest absolute Gasteiger partial charge is 0.323 e. The summed E-state index contributed by atoms with van der Waals surface area (Å²) in [6.45, 7) is 0. The number of rotatable bonds is 5. The minimum Gasteiger partial charge on any atom is -0.506 e. The van der Waals surface area contributed by atoms with E-state index in [1.54, 1.807) is 36.4 Å². The number of phenolic OH excluding ortho intramolecular Hbond substituents is 1. The van der Waals surface area contributed by atoms with Crippen molar-refractivity contribution in [2.75, 3.05) is 10.6 Å². The van der Waals surface area contributed by atoms with Crippen LogP contribution in [0.3, 0.4) is 0 Å². The summed E-state index contributed by atoms with van der Waals surface area (Å²) in [4.78, 5) is 22.3. The molecule has 0 spiro atoms. The van der Waals surface area contributed by atoms with E-state index in [2.05, 4.69) is 10.6 Å². The molecule has 3 rings (SSSR count). The Labute approximate surface area is 154 Å². The molecule has 0 aliphatic heterocycles. The van der Waals surface area contributed by atoms with E-state index in [1.807, 2.05) is 18.2 Å². The van der Waals surface area contributed by atoms with Crippen molar-refractivity contribution >= 4 is 23.1 Å². The van der Waals surface area contributed by atoms with E-state index >= 15 is 0 Å². The van der Waals surface area contributed by atoms with Gasteiger partial charge in [-0.25, -0.2) is 4.79 Å². The number of hydrogen-bond donors (Lipinski definition) is 3. The predicted octanol–water partition coefficient (Wildman–Crippen LogP) is 4.74. The number of hydrogen-bond acceptors (Lipinski definition) is 5. The van der Waals surface area contributed by atoms with Crippen LogP contribution in [0.15, 0.2) is 72.8 Å². The number of phenols is 1. The van der Waals surface area contributed by atoms with Crippen LogP contribution in [0.4, 0.5) is 21.9 Å². The van der Waals surface area contributed by atoms with Crippen molar-refractivity contribution in [3.8, 4) is 17.2 Å². The number of para-hydroxylation sites is 3. The molecule has 0 unspecified atom stereocenters. The Balaban J connectivity index is 1.72. The molecule has 8 heteroatoms.